The maximum Gasteiger partial charge on any atom is 0.265 e. The number of amides is 1. The lowest BCUT2D eigenvalue weighted by Gasteiger charge is -2.11. The number of rotatable bonds is 4. The minimum atomic E-state index is -3.68. The van der Waals surface area contributed by atoms with Crippen molar-refractivity contribution in [2.45, 2.75) is 45.9 Å². The predicted molar refractivity (Wildman–Crippen MR) is 84.2 cm³/mol. The van der Waals surface area contributed by atoms with Gasteiger partial charge in [0.2, 0.25) is 10.0 Å². The molecule has 0 bridgehead atoms. The Hall–Kier alpha value is -1.96. The maximum absolute atomic E-state index is 12.4. The van der Waals surface area contributed by atoms with Crippen LogP contribution in [0.15, 0.2) is 12.3 Å². The first-order chi connectivity index (χ1) is 10.1. The van der Waals surface area contributed by atoms with Crippen LogP contribution in [-0.2, 0) is 10.0 Å². The quantitative estimate of drug-likeness (QED) is 0.925. The molecule has 2 aromatic heterocycles. The van der Waals surface area contributed by atoms with Crippen LogP contribution in [-0.4, -0.2) is 34.3 Å². The number of aryl methyl sites for hydroxylation is 1. The third-order valence-corrected chi connectivity index (χ3v) is 5.00. The number of carbonyl (C=O) groups is 1. The molecule has 2 heterocycles. The second kappa shape index (κ2) is 5.68. The molecule has 0 saturated heterocycles. The molecule has 2 aromatic rings. The largest absolute Gasteiger partial charge is 0.268 e. The number of pyridine rings is 1. The lowest BCUT2D eigenvalue weighted by molar-refractivity contribution is 0.0982. The molecule has 0 aromatic carbocycles. The summed E-state index contributed by atoms with van der Waals surface area (Å²) in [7, 11) is -3.68. The lowest BCUT2D eigenvalue weighted by Crippen LogP contribution is -2.35. The van der Waals surface area contributed by atoms with Crippen LogP contribution in [0.5, 0.6) is 0 Å². The minimum absolute atomic E-state index is 0.0853. The summed E-state index contributed by atoms with van der Waals surface area (Å²) in [5, 5.41) is 4.09. The summed E-state index contributed by atoms with van der Waals surface area (Å²) in [6, 6.07) is 1.65. The van der Waals surface area contributed by atoms with Crippen LogP contribution in [0.1, 0.15) is 49.8 Å². The van der Waals surface area contributed by atoms with Crippen molar-refractivity contribution in [2.75, 3.05) is 0 Å². The third-order valence-electron chi connectivity index (χ3n) is 3.28. The van der Waals surface area contributed by atoms with Crippen molar-refractivity contribution in [2.24, 2.45) is 0 Å². The van der Waals surface area contributed by atoms with Crippen molar-refractivity contribution in [3.05, 3.63) is 23.5 Å². The fourth-order valence-electron chi connectivity index (χ4n) is 2.01. The molecule has 0 spiro atoms. The highest BCUT2D eigenvalue weighted by Crippen LogP contribution is 2.21. The van der Waals surface area contributed by atoms with E-state index in [2.05, 4.69) is 14.8 Å². The smallest absolute Gasteiger partial charge is 0.265 e. The van der Waals surface area contributed by atoms with Crippen LogP contribution in [0.4, 0.5) is 0 Å². The fraction of sp³-hybridized carbons (Fsp3) is 0.500. The predicted octanol–water partition coefficient (Wildman–Crippen LogP) is 1.79. The standard InChI is InChI=1S/C14H20N4O3S/c1-8(2)18-13-12(7-15-18)11(6-10(5)16-13)14(19)17-22(20,21)9(3)4/h6-9H,1-5H3,(H,17,19). The Balaban J connectivity index is 2.54. The Kier molecular flexibility index (Phi) is 4.23. The average Bonchev–Trinajstić information content (AvgIpc) is 2.80. The van der Waals surface area contributed by atoms with Crippen molar-refractivity contribution >= 4 is 27.0 Å². The third kappa shape index (κ3) is 2.96. The Morgan fingerprint density at radius 1 is 1.27 bits per heavy atom. The average molecular weight is 324 g/mol. The van der Waals surface area contributed by atoms with E-state index >= 15 is 0 Å². The zero-order chi connectivity index (χ0) is 16.7. The van der Waals surface area contributed by atoms with Gasteiger partial charge in [-0.1, -0.05) is 0 Å². The van der Waals surface area contributed by atoms with Gasteiger partial charge in [-0.05, 0) is 40.7 Å². The summed E-state index contributed by atoms with van der Waals surface area (Å²) < 4.78 is 27.6. The Labute approximate surface area is 129 Å². The van der Waals surface area contributed by atoms with Gasteiger partial charge in [0.05, 0.1) is 22.4 Å². The van der Waals surface area contributed by atoms with E-state index in [0.717, 1.165) is 0 Å². The highest BCUT2D eigenvalue weighted by molar-refractivity contribution is 7.90. The van der Waals surface area contributed by atoms with Gasteiger partial charge in [-0.25, -0.2) is 22.8 Å². The monoisotopic (exact) mass is 324 g/mol. The highest BCUT2D eigenvalue weighted by Gasteiger charge is 2.23. The molecule has 120 valence electrons. The van der Waals surface area contributed by atoms with Crippen LogP contribution >= 0.6 is 0 Å². The molecule has 0 aliphatic heterocycles. The molecule has 1 N–H and O–H groups in total. The molecule has 8 heteroatoms. The van der Waals surface area contributed by atoms with Gasteiger partial charge in [-0.15, -0.1) is 0 Å². The molecule has 2 rings (SSSR count). The molecule has 0 radical (unpaired) electrons. The molecule has 0 unspecified atom stereocenters. The van der Waals surface area contributed by atoms with Crippen LogP contribution in [0.2, 0.25) is 0 Å². The number of hydrogen-bond donors (Lipinski definition) is 1. The van der Waals surface area contributed by atoms with Crippen molar-refractivity contribution in [1.82, 2.24) is 19.5 Å². The number of fused-ring (bicyclic) bond motifs is 1. The normalized spacial score (nSPS) is 12.3. The van der Waals surface area contributed by atoms with Gasteiger partial charge in [0.1, 0.15) is 0 Å². The van der Waals surface area contributed by atoms with E-state index in [1.807, 2.05) is 13.8 Å². The number of nitrogens with one attached hydrogen (secondary N) is 1. The molecular formula is C14H20N4O3S. The van der Waals surface area contributed by atoms with Crippen LogP contribution < -0.4 is 4.72 Å². The SMILES string of the molecule is Cc1cc(C(=O)NS(=O)(=O)C(C)C)c2cnn(C(C)C)c2n1. The zero-order valence-corrected chi connectivity index (χ0v) is 14.1. The Morgan fingerprint density at radius 3 is 2.45 bits per heavy atom. The molecule has 0 fully saturated rings. The first kappa shape index (κ1) is 16.4. The molecule has 0 aliphatic carbocycles. The van der Waals surface area contributed by atoms with E-state index in [0.29, 0.717) is 16.7 Å². The van der Waals surface area contributed by atoms with Crippen LogP contribution in [0.3, 0.4) is 0 Å². The van der Waals surface area contributed by atoms with E-state index in [1.54, 1.807) is 23.9 Å². The minimum Gasteiger partial charge on any atom is -0.268 e. The van der Waals surface area contributed by atoms with Gasteiger partial charge in [-0.2, -0.15) is 5.10 Å². The molecule has 0 atom stereocenters. The van der Waals surface area contributed by atoms with Crippen LogP contribution in [0, 0.1) is 6.92 Å². The number of sulfonamides is 1. The summed E-state index contributed by atoms with van der Waals surface area (Å²) in [6.07, 6.45) is 1.54. The number of carbonyl (C=O) groups excluding carboxylic acids is 1. The van der Waals surface area contributed by atoms with Crippen molar-refractivity contribution < 1.29 is 13.2 Å². The Bertz CT molecular complexity index is 822. The number of aromatic nitrogens is 3. The van der Waals surface area contributed by atoms with Crippen molar-refractivity contribution in [3.63, 3.8) is 0 Å². The topological polar surface area (TPSA) is 94.0 Å². The molecule has 1 amide bonds. The number of nitrogens with zero attached hydrogens (tertiary/aromatic N) is 3. The van der Waals surface area contributed by atoms with E-state index in [-0.39, 0.29) is 11.6 Å². The van der Waals surface area contributed by atoms with Gasteiger partial charge in [0.15, 0.2) is 5.65 Å². The van der Waals surface area contributed by atoms with Crippen LogP contribution in [0.25, 0.3) is 11.0 Å². The number of hydrogen-bond acceptors (Lipinski definition) is 5. The first-order valence-electron chi connectivity index (χ1n) is 7.04. The molecule has 0 aliphatic rings. The van der Waals surface area contributed by atoms with E-state index in [9.17, 15) is 13.2 Å². The van der Waals surface area contributed by atoms with E-state index < -0.39 is 21.2 Å². The molecule has 22 heavy (non-hydrogen) atoms. The van der Waals surface area contributed by atoms with E-state index in [1.165, 1.54) is 13.8 Å². The molecular weight excluding hydrogens is 304 g/mol. The summed E-state index contributed by atoms with van der Waals surface area (Å²) in [5.41, 5.74) is 1.46. The molecule has 0 saturated carbocycles. The summed E-state index contributed by atoms with van der Waals surface area (Å²) >= 11 is 0. The second-order valence-electron chi connectivity index (χ2n) is 5.76. The molecule has 7 nitrogen and oxygen atoms in total. The highest BCUT2D eigenvalue weighted by atomic mass is 32.2. The first-order valence-corrected chi connectivity index (χ1v) is 8.59. The summed E-state index contributed by atoms with van der Waals surface area (Å²) in [5.74, 6) is -0.660. The van der Waals surface area contributed by atoms with Gasteiger partial charge < -0.3 is 0 Å². The Morgan fingerprint density at radius 2 is 1.91 bits per heavy atom. The summed E-state index contributed by atoms with van der Waals surface area (Å²) in [6.45, 7) is 8.70. The maximum atomic E-state index is 12.4. The van der Waals surface area contributed by atoms with Gasteiger partial charge in [0.25, 0.3) is 5.91 Å². The summed E-state index contributed by atoms with van der Waals surface area (Å²) in [4.78, 5) is 16.8. The van der Waals surface area contributed by atoms with Gasteiger partial charge in [-0.3, -0.25) is 4.79 Å². The lowest BCUT2D eigenvalue weighted by atomic mass is 10.1. The van der Waals surface area contributed by atoms with Crippen molar-refractivity contribution in [1.29, 1.82) is 0 Å². The van der Waals surface area contributed by atoms with E-state index in [4.69, 9.17) is 0 Å². The van der Waals surface area contributed by atoms with Crippen molar-refractivity contribution in [3.8, 4) is 0 Å². The second-order valence-corrected chi connectivity index (χ2v) is 7.99. The fourth-order valence-corrected chi connectivity index (χ4v) is 2.62. The van der Waals surface area contributed by atoms with Gasteiger partial charge >= 0.3 is 0 Å². The van der Waals surface area contributed by atoms with Gasteiger partial charge in [0, 0.05) is 11.7 Å². The zero-order valence-electron chi connectivity index (χ0n) is 13.3.